The number of hydrogen-bond acceptors (Lipinski definition) is 5. The van der Waals surface area contributed by atoms with Crippen molar-refractivity contribution >= 4 is 11.5 Å². The zero-order valence-electron chi connectivity index (χ0n) is 11.1. The highest BCUT2D eigenvalue weighted by atomic mass is 16.6. The quantitative estimate of drug-likeness (QED) is 0.644. The third kappa shape index (κ3) is 3.01. The summed E-state index contributed by atoms with van der Waals surface area (Å²) in [4.78, 5) is 14.7. The Labute approximate surface area is 112 Å². The maximum absolute atomic E-state index is 10.9. The van der Waals surface area contributed by atoms with Crippen LogP contribution in [0, 0.1) is 17.0 Å². The minimum Gasteiger partial charge on any atom is -0.394 e. The SMILES string of the molecule is Cc1cnc(NC2(CO)CCCCC2)cc1[N+](=O)[O-]. The van der Waals surface area contributed by atoms with Gasteiger partial charge in [-0.05, 0) is 19.8 Å². The Hall–Kier alpha value is -1.69. The minimum atomic E-state index is -0.408. The molecule has 1 aliphatic carbocycles. The van der Waals surface area contributed by atoms with Crippen LogP contribution in [0.2, 0.25) is 0 Å². The first-order chi connectivity index (χ1) is 9.06. The van der Waals surface area contributed by atoms with Gasteiger partial charge in [0.2, 0.25) is 0 Å². The van der Waals surface area contributed by atoms with Gasteiger partial charge < -0.3 is 10.4 Å². The Kier molecular flexibility index (Phi) is 3.99. The molecule has 1 fully saturated rings. The van der Waals surface area contributed by atoms with Crippen LogP contribution in [0.15, 0.2) is 12.3 Å². The molecule has 104 valence electrons. The second-order valence-corrected chi connectivity index (χ2v) is 5.24. The first-order valence-corrected chi connectivity index (χ1v) is 6.56. The first kappa shape index (κ1) is 13.7. The van der Waals surface area contributed by atoms with Gasteiger partial charge in [-0.2, -0.15) is 0 Å². The molecule has 0 saturated heterocycles. The zero-order valence-corrected chi connectivity index (χ0v) is 11.1. The van der Waals surface area contributed by atoms with E-state index in [1.54, 1.807) is 6.92 Å². The predicted molar refractivity (Wildman–Crippen MR) is 72.2 cm³/mol. The zero-order chi connectivity index (χ0) is 13.9. The summed E-state index contributed by atoms with van der Waals surface area (Å²) in [5, 5.41) is 23.7. The summed E-state index contributed by atoms with van der Waals surface area (Å²) in [5.41, 5.74) is 0.215. The highest BCUT2D eigenvalue weighted by Crippen LogP contribution is 2.32. The molecule has 0 bridgehead atoms. The molecule has 1 saturated carbocycles. The van der Waals surface area contributed by atoms with E-state index in [9.17, 15) is 15.2 Å². The molecule has 2 rings (SSSR count). The van der Waals surface area contributed by atoms with Crippen molar-refractivity contribution in [3.05, 3.63) is 27.9 Å². The van der Waals surface area contributed by atoms with Crippen molar-refractivity contribution in [2.45, 2.75) is 44.6 Å². The van der Waals surface area contributed by atoms with Crippen molar-refractivity contribution in [3.63, 3.8) is 0 Å². The van der Waals surface area contributed by atoms with Gasteiger partial charge in [0.1, 0.15) is 5.82 Å². The molecular weight excluding hydrogens is 246 g/mol. The van der Waals surface area contributed by atoms with E-state index in [-0.39, 0.29) is 17.8 Å². The van der Waals surface area contributed by atoms with Gasteiger partial charge in [-0.25, -0.2) is 4.98 Å². The van der Waals surface area contributed by atoms with Crippen molar-refractivity contribution in [3.8, 4) is 0 Å². The maximum atomic E-state index is 10.9. The van der Waals surface area contributed by atoms with Gasteiger partial charge in [0.05, 0.1) is 23.1 Å². The van der Waals surface area contributed by atoms with Crippen LogP contribution in [-0.4, -0.2) is 27.2 Å². The monoisotopic (exact) mass is 265 g/mol. The molecule has 19 heavy (non-hydrogen) atoms. The summed E-state index contributed by atoms with van der Waals surface area (Å²) in [7, 11) is 0. The van der Waals surface area contributed by atoms with Crippen LogP contribution in [0.25, 0.3) is 0 Å². The molecule has 2 N–H and O–H groups in total. The normalized spacial score (nSPS) is 18.0. The van der Waals surface area contributed by atoms with Gasteiger partial charge in [-0.1, -0.05) is 19.3 Å². The summed E-state index contributed by atoms with van der Waals surface area (Å²) in [5.74, 6) is 0.466. The molecular formula is C13H19N3O3. The summed E-state index contributed by atoms with van der Waals surface area (Å²) >= 11 is 0. The van der Waals surface area contributed by atoms with E-state index in [4.69, 9.17) is 0 Å². The number of aliphatic hydroxyl groups is 1. The molecule has 0 spiro atoms. The standard InChI is InChI=1S/C13H19N3O3/c1-10-8-14-12(7-11(10)16(18)19)15-13(9-17)5-3-2-4-6-13/h7-8,17H,2-6,9H2,1H3,(H,14,15). The van der Waals surface area contributed by atoms with Crippen LogP contribution in [-0.2, 0) is 0 Å². The number of aliphatic hydroxyl groups excluding tert-OH is 1. The smallest absolute Gasteiger partial charge is 0.277 e. The van der Waals surface area contributed by atoms with E-state index in [1.807, 2.05) is 0 Å². The summed E-state index contributed by atoms with van der Waals surface area (Å²) in [6, 6.07) is 1.45. The van der Waals surface area contributed by atoms with E-state index in [0.29, 0.717) is 11.4 Å². The Morgan fingerprint density at radius 1 is 1.47 bits per heavy atom. The van der Waals surface area contributed by atoms with E-state index >= 15 is 0 Å². The summed E-state index contributed by atoms with van der Waals surface area (Å²) < 4.78 is 0. The molecule has 0 radical (unpaired) electrons. The molecule has 6 heteroatoms. The third-order valence-electron chi connectivity index (χ3n) is 3.78. The topological polar surface area (TPSA) is 88.3 Å². The number of nitrogens with zero attached hydrogens (tertiary/aromatic N) is 2. The number of aryl methyl sites for hydroxylation is 1. The van der Waals surface area contributed by atoms with Gasteiger partial charge in [-0.3, -0.25) is 10.1 Å². The Bertz CT molecular complexity index is 470. The van der Waals surface area contributed by atoms with Crippen molar-refractivity contribution in [1.29, 1.82) is 0 Å². The highest BCUT2D eigenvalue weighted by molar-refractivity contribution is 5.50. The molecule has 0 unspecified atom stereocenters. The third-order valence-corrected chi connectivity index (χ3v) is 3.78. The fraction of sp³-hybridized carbons (Fsp3) is 0.615. The van der Waals surface area contributed by atoms with Gasteiger partial charge >= 0.3 is 0 Å². The van der Waals surface area contributed by atoms with Gasteiger partial charge in [-0.15, -0.1) is 0 Å². The van der Waals surface area contributed by atoms with Crippen LogP contribution < -0.4 is 5.32 Å². The van der Waals surface area contributed by atoms with Crippen LogP contribution in [0.3, 0.4) is 0 Å². The van der Waals surface area contributed by atoms with Gasteiger partial charge in [0, 0.05) is 11.8 Å². The molecule has 0 aliphatic heterocycles. The van der Waals surface area contributed by atoms with E-state index in [1.165, 1.54) is 18.7 Å². The Morgan fingerprint density at radius 3 is 2.74 bits per heavy atom. The number of hydrogen-bond donors (Lipinski definition) is 2. The lowest BCUT2D eigenvalue weighted by molar-refractivity contribution is -0.385. The molecule has 1 aromatic rings. The second kappa shape index (κ2) is 5.52. The average Bonchev–Trinajstić information content (AvgIpc) is 2.42. The summed E-state index contributed by atoms with van der Waals surface area (Å²) in [6.45, 7) is 1.69. The predicted octanol–water partition coefficient (Wildman–Crippen LogP) is 2.41. The summed E-state index contributed by atoms with van der Waals surface area (Å²) in [6.07, 6.45) is 6.52. The fourth-order valence-corrected chi connectivity index (χ4v) is 2.60. The van der Waals surface area contributed by atoms with Crippen LogP contribution in [0.4, 0.5) is 11.5 Å². The van der Waals surface area contributed by atoms with Gasteiger partial charge in [0.15, 0.2) is 0 Å². The van der Waals surface area contributed by atoms with Crippen LogP contribution >= 0.6 is 0 Å². The molecule has 1 aromatic heterocycles. The molecule has 0 atom stereocenters. The van der Waals surface area contributed by atoms with E-state index in [2.05, 4.69) is 10.3 Å². The number of nitro groups is 1. The molecule has 6 nitrogen and oxygen atoms in total. The first-order valence-electron chi connectivity index (χ1n) is 6.56. The van der Waals surface area contributed by atoms with Crippen molar-refractivity contribution in [2.24, 2.45) is 0 Å². The van der Waals surface area contributed by atoms with Crippen LogP contribution in [0.1, 0.15) is 37.7 Å². The Morgan fingerprint density at radius 2 is 2.16 bits per heavy atom. The minimum absolute atomic E-state index is 0.0242. The number of aromatic nitrogens is 1. The number of nitrogens with one attached hydrogen (secondary N) is 1. The Balaban J connectivity index is 2.22. The van der Waals surface area contributed by atoms with Crippen molar-refractivity contribution < 1.29 is 10.0 Å². The number of rotatable bonds is 4. The molecule has 1 heterocycles. The molecule has 1 aliphatic rings. The van der Waals surface area contributed by atoms with Crippen molar-refractivity contribution in [2.75, 3.05) is 11.9 Å². The highest BCUT2D eigenvalue weighted by Gasteiger charge is 2.31. The van der Waals surface area contributed by atoms with Crippen LogP contribution in [0.5, 0.6) is 0 Å². The maximum Gasteiger partial charge on any atom is 0.277 e. The number of pyridine rings is 1. The fourth-order valence-electron chi connectivity index (χ4n) is 2.60. The molecule has 0 amide bonds. The van der Waals surface area contributed by atoms with E-state index < -0.39 is 4.92 Å². The lowest BCUT2D eigenvalue weighted by Gasteiger charge is -2.36. The van der Waals surface area contributed by atoms with Gasteiger partial charge in [0.25, 0.3) is 5.69 Å². The largest absolute Gasteiger partial charge is 0.394 e. The number of anilines is 1. The second-order valence-electron chi connectivity index (χ2n) is 5.24. The molecule has 0 aromatic carbocycles. The van der Waals surface area contributed by atoms with Crippen molar-refractivity contribution in [1.82, 2.24) is 4.98 Å². The average molecular weight is 265 g/mol. The van der Waals surface area contributed by atoms with E-state index in [0.717, 1.165) is 25.7 Å². The lowest BCUT2D eigenvalue weighted by atomic mass is 9.82. The lowest BCUT2D eigenvalue weighted by Crippen LogP contribution is -2.44.